The highest BCUT2D eigenvalue weighted by atomic mass is 35.5. The number of carbonyl (C=O) groups excluding carboxylic acids is 2. The van der Waals surface area contributed by atoms with Gasteiger partial charge in [0, 0.05) is 29.6 Å². The van der Waals surface area contributed by atoms with Crippen molar-refractivity contribution in [3.8, 4) is 11.3 Å². The molecule has 38 heavy (non-hydrogen) atoms. The Hall–Kier alpha value is -3.78. The second-order valence-electron chi connectivity index (χ2n) is 9.57. The molecule has 0 bridgehead atoms. The smallest absolute Gasteiger partial charge is 0.319 e. The summed E-state index contributed by atoms with van der Waals surface area (Å²) in [5.74, 6) is 0.557. The van der Waals surface area contributed by atoms with E-state index in [-0.39, 0.29) is 24.2 Å². The minimum absolute atomic E-state index is 0.201. The van der Waals surface area contributed by atoms with E-state index in [0.29, 0.717) is 27.7 Å². The minimum Gasteiger partial charge on any atom is -0.450 e. The van der Waals surface area contributed by atoms with E-state index >= 15 is 0 Å². The Morgan fingerprint density at radius 3 is 2.58 bits per heavy atom. The Morgan fingerprint density at radius 1 is 1.11 bits per heavy atom. The first-order chi connectivity index (χ1) is 18.4. The first kappa shape index (κ1) is 25.9. The number of hydrogen-bond acceptors (Lipinski definition) is 5. The van der Waals surface area contributed by atoms with Gasteiger partial charge in [0.1, 0.15) is 11.3 Å². The van der Waals surface area contributed by atoms with Gasteiger partial charge < -0.3 is 24.5 Å². The van der Waals surface area contributed by atoms with Crippen molar-refractivity contribution < 1.29 is 18.5 Å². The maximum atomic E-state index is 13.3. The van der Waals surface area contributed by atoms with E-state index in [1.807, 2.05) is 50.2 Å². The van der Waals surface area contributed by atoms with Crippen LogP contribution >= 0.6 is 11.6 Å². The molecule has 1 fully saturated rings. The molecular weight excluding hydrogens is 504 g/mol. The molecule has 2 N–H and O–H groups in total. The molecule has 1 saturated carbocycles. The predicted molar refractivity (Wildman–Crippen MR) is 147 cm³/mol. The molecule has 0 unspecified atom stereocenters. The summed E-state index contributed by atoms with van der Waals surface area (Å²) in [6.45, 7) is 4.26. The molecule has 8 nitrogen and oxygen atoms in total. The van der Waals surface area contributed by atoms with Crippen LogP contribution in [0.25, 0.3) is 22.3 Å². The zero-order chi connectivity index (χ0) is 26.9. The van der Waals surface area contributed by atoms with Crippen LogP contribution in [0.2, 0.25) is 5.02 Å². The Labute approximate surface area is 226 Å². The van der Waals surface area contributed by atoms with E-state index < -0.39 is 5.54 Å². The zero-order valence-corrected chi connectivity index (χ0v) is 22.5. The molecule has 9 heteroatoms. The first-order valence-corrected chi connectivity index (χ1v) is 13.4. The third-order valence-electron chi connectivity index (χ3n) is 7.11. The summed E-state index contributed by atoms with van der Waals surface area (Å²) < 4.78 is 11.7. The standard InChI is InChI=1S/C27H25ClN4O4.C2H6/c1-32(15-18-14-20(36-31-18)16-8-4-2-5-9-16)25(33)21-13-17-12-19(28)23-22(24(17)35-21)27(30-26(34)29-23)10-6-3-7-11-27;1-2/h2,4-5,8-9,12-14H,3,6-7,10-11,15H2,1H3,(H2,29,30,34);1-2H3. The van der Waals surface area contributed by atoms with E-state index in [0.717, 1.165) is 48.6 Å². The second kappa shape index (κ2) is 10.5. The van der Waals surface area contributed by atoms with Gasteiger partial charge >= 0.3 is 6.03 Å². The topological polar surface area (TPSA) is 101 Å². The van der Waals surface area contributed by atoms with Crippen LogP contribution in [-0.4, -0.2) is 29.0 Å². The van der Waals surface area contributed by atoms with Crippen LogP contribution in [0.15, 0.2) is 57.5 Å². The first-order valence-electron chi connectivity index (χ1n) is 13.1. The van der Waals surface area contributed by atoms with E-state index in [1.54, 1.807) is 19.2 Å². The minimum atomic E-state index is -0.558. The summed E-state index contributed by atoms with van der Waals surface area (Å²) in [5.41, 5.74) is 2.96. The molecule has 4 aromatic rings. The van der Waals surface area contributed by atoms with Crippen LogP contribution < -0.4 is 10.6 Å². The van der Waals surface area contributed by atoms with Crippen molar-refractivity contribution in [3.05, 3.63) is 70.6 Å². The van der Waals surface area contributed by atoms with Crippen LogP contribution in [0, 0.1) is 0 Å². The van der Waals surface area contributed by atoms with Gasteiger partial charge in [0.15, 0.2) is 11.5 Å². The van der Waals surface area contributed by atoms with Gasteiger partial charge in [-0.15, -0.1) is 0 Å². The number of amides is 3. The molecular formula is C29H31ClN4O4. The molecule has 0 atom stereocenters. The summed E-state index contributed by atoms with van der Waals surface area (Å²) in [6, 6.07) is 14.7. The lowest BCUT2D eigenvalue weighted by atomic mass is 9.74. The molecule has 6 rings (SSSR count). The summed E-state index contributed by atoms with van der Waals surface area (Å²) in [6.07, 6.45) is 4.69. The summed E-state index contributed by atoms with van der Waals surface area (Å²) >= 11 is 6.60. The van der Waals surface area contributed by atoms with Gasteiger partial charge in [-0.05, 0) is 25.0 Å². The highest BCUT2D eigenvalue weighted by molar-refractivity contribution is 6.35. The van der Waals surface area contributed by atoms with E-state index in [9.17, 15) is 9.59 Å². The Morgan fingerprint density at radius 2 is 1.84 bits per heavy atom. The van der Waals surface area contributed by atoms with Crippen molar-refractivity contribution >= 4 is 40.2 Å². The number of rotatable bonds is 4. The number of anilines is 1. The average molecular weight is 535 g/mol. The van der Waals surface area contributed by atoms with Gasteiger partial charge in [-0.1, -0.05) is 80.2 Å². The molecule has 2 aromatic heterocycles. The Bertz CT molecular complexity index is 1470. The highest BCUT2D eigenvalue weighted by Gasteiger charge is 2.44. The quantitative estimate of drug-likeness (QED) is 0.285. The fourth-order valence-corrected chi connectivity index (χ4v) is 5.68. The van der Waals surface area contributed by atoms with Crippen molar-refractivity contribution in [2.75, 3.05) is 12.4 Å². The lowest BCUT2D eigenvalue weighted by Crippen LogP contribution is -2.52. The van der Waals surface area contributed by atoms with Gasteiger partial charge in [0.2, 0.25) is 0 Å². The summed E-state index contributed by atoms with van der Waals surface area (Å²) in [4.78, 5) is 27.3. The normalized spacial score (nSPS) is 15.7. The Balaban J connectivity index is 0.00000144. The maximum Gasteiger partial charge on any atom is 0.319 e. The molecule has 198 valence electrons. The number of halogens is 1. The molecule has 3 amide bonds. The molecule has 3 heterocycles. The molecule has 1 aliphatic carbocycles. The number of nitrogens with one attached hydrogen (secondary N) is 2. The number of nitrogens with zero attached hydrogens (tertiary/aromatic N) is 2. The summed E-state index contributed by atoms with van der Waals surface area (Å²) in [7, 11) is 1.69. The fraction of sp³-hybridized carbons (Fsp3) is 0.345. The van der Waals surface area contributed by atoms with Gasteiger partial charge in [-0.2, -0.15) is 0 Å². The molecule has 0 radical (unpaired) electrons. The highest BCUT2D eigenvalue weighted by Crippen LogP contribution is 2.49. The molecule has 2 aromatic carbocycles. The van der Waals surface area contributed by atoms with Crippen LogP contribution in [0.4, 0.5) is 10.5 Å². The Kier molecular flexibility index (Phi) is 7.17. The lowest BCUT2D eigenvalue weighted by molar-refractivity contribution is 0.0752. The van der Waals surface area contributed by atoms with Crippen molar-refractivity contribution in [2.45, 2.75) is 58.0 Å². The van der Waals surface area contributed by atoms with Crippen molar-refractivity contribution in [1.82, 2.24) is 15.4 Å². The van der Waals surface area contributed by atoms with Gasteiger partial charge in [-0.3, -0.25) is 4.79 Å². The number of hydrogen-bond donors (Lipinski definition) is 2. The number of furan rings is 1. The summed E-state index contributed by atoms with van der Waals surface area (Å²) in [5, 5.41) is 11.3. The average Bonchev–Trinajstić information content (AvgIpc) is 3.57. The number of urea groups is 1. The number of aromatic nitrogens is 1. The SMILES string of the molecule is CC.CN(Cc1cc(-c2ccccc2)on1)C(=O)c1cc2cc(Cl)c3c(c2o1)C1(CCCCC1)NC(=O)N3. The fourth-order valence-electron chi connectivity index (χ4n) is 5.42. The number of carbonyl (C=O) groups is 2. The van der Waals surface area contributed by atoms with Gasteiger partial charge in [0.25, 0.3) is 5.91 Å². The van der Waals surface area contributed by atoms with E-state index in [2.05, 4.69) is 15.8 Å². The third-order valence-corrected chi connectivity index (χ3v) is 7.41. The van der Waals surface area contributed by atoms with Crippen LogP contribution in [0.5, 0.6) is 0 Å². The second-order valence-corrected chi connectivity index (χ2v) is 9.98. The molecule has 2 aliphatic rings. The number of fused-ring (bicyclic) bond motifs is 4. The lowest BCUT2D eigenvalue weighted by Gasteiger charge is -2.42. The van der Waals surface area contributed by atoms with Crippen LogP contribution in [0.3, 0.4) is 0 Å². The third kappa shape index (κ3) is 4.65. The largest absolute Gasteiger partial charge is 0.450 e. The molecule has 1 aliphatic heterocycles. The van der Waals surface area contributed by atoms with Gasteiger partial charge in [-0.25, -0.2) is 4.79 Å². The van der Waals surface area contributed by atoms with E-state index in [4.69, 9.17) is 20.5 Å². The zero-order valence-electron chi connectivity index (χ0n) is 21.8. The van der Waals surface area contributed by atoms with Gasteiger partial charge in [0.05, 0.1) is 22.8 Å². The van der Waals surface area contributed by atoms with Crippen molar-refractivity contribution in [1.29, 1.82) is 0 Å². The van der Waals surface area contributed by atoms with Crippen molar-refractivity contribution in [3.63, 3.8) is 0 Å². The van der Waals surface area contributed by atoms with E-state index in [1.165, 1.54) is 4.90 Å². The maximum absolute atomic E-state index is 13.3. The van der Waals surface area contributed by atoms with Crippen LogP contribution in [0.1, 0.15) is 67.8 Å². The predicted octanol–water partition coefficient (Wildman–Crippen LogP) is 7.33. The number of benzene rings is 2. The monoisotopic (exact) mass is 534 g/mol. The van der Waals surface area contributed by atoms with Crippen molar-refractivity contribution in [2.24, 2.45) is 0 Å². The molecule has 0 saturated heterocycles. The van der Waals surface area contributed by atoms with Crippen LogP contribution in [-0.2, 0) is 12.1 Å². The molecule has 1 spiro atoms.